The van der Waals surface area contributed by atoms with E-state index in [1.165, 1.54) is 0 Å². The van der Waals surface area contributed by atoms with Gasteiger partial charge in [0.15, 0.2) is 0 Å². The van der Waals surface area contributed by atoms with Gasteiger partial charge >= 0.3 is 0 Å². The summed E-state index contributed by atoms with van der Waals surface area (Å²) in [5, 5.41) is 1.00. The molecule has 1 aromatic heterocycles. The molecule has 2 aromatic rings. The summed E-state index contributed by atoms with van der Waals surface area (Å²) >= 11 is 0. The van der Waals surface area contributed by atoms with Gasteiger partial charge in [0.2, 0.25) is 5.91 Å². The minimum atomic E-state index is 0.00906. The normalized spacial score (nSPS) is 15.3. The molecule has 0 radical (unpaired) electrons. The first-order valence-electron chi connectivity index (χ1n) is 8.68. The number of piperazine rings is 1. The molecule has 2 amide bonds. The lowest BCUT2D eigenvalue weighted by molar-refractivity contribution is -0.135. The van der Waals surface area contributed by atoms with E-state index in [4.69, 9.17) is 0 Å². The maximum Gasteiger partial charge on any atom is 0.256 e. The average molecular weight is 327 g/mol. The Balaban J connectivity index is 1.78. The molecule has 1 aliphatic heterocycles. The summed E-state index contributed by atoms with van der Waals surface area (Å²) in [4.78, 5) is 28.8. The number of carbonyl (C=O) groups is 2. The molecule has 24 heavy (non-hydrogen) atoms. The number of rotatable bonds is 3. The second-order valence-corrected chi connectivity index (χ2v) is 6.62. The van der Waals surface area contributed by atoms with Crippen molar-refractivity contribution in [3.8, 4) is 0 Å². The van der Waals surface area contributed by atoms with Crippen LogP contribution in [-0.2, 0) is 11.3 Å². The van der Waals surface area contributed by atoms with E-state index >= 15 is 0 Å². The fraction of sp³-hybridized carbons (Fsp3) is 0.474. The molecule has 1 aliphatic rings. The van der Waals surface area contributed by atoms with Crippen LogP contribution < -0.4 is 0 Å². The van der Waals surface area contributed by atoms with Gasteiger partial charge in [-0.05, 0) is 13.0 Å². The number of carbonyl (C=O) groups excluding carboxylic acids is 2. The molecule has 5 nitrogen and oxygen atoms in total. The van der Waals surface area contributed by atoms with E-state index in [0.717, 1.165) is 23.0 Å². The molecule has 0 N–H and O–H groups in total. The van der Waals surface area contributed by atoms with E-state index in [1.54, 1.807) is 0 Å². The number of nitrogens with zero attached hydrogens (tertiary/aromatic N) is 3. The molecule has 3 rings (SSSR count). The summed E-state index contributed by atoms with van der Waals surface area (Å²) in [7, 11) is 0. The first-order chi connectivity index (χ1) is 11.5. The summed E-state index contributed by atoms with van der Waals surface area (Å²) < 4.78 is 2.11. The third-order valence-electron chi connectivity index (χ3n) is 4.73. The number of hydrogen-bond acceptors (Lipinski definition) is 2. The standard InChI is InChI=1S/C19H25N3O2/c1-4-20-13-16(15-7-5-6-8-17(15)20)19(24)22-11-9-21(10-12-22)18(23)14(2)3/h5-8,13-14H,4,9-12H2,1-3H3. The van der Waals surface area contributed by atoms with Crippen LogP contribution in [0.3, 0.4) is 0 Å². The summed E-state index contributed by atoms with van der Waals surface area (Å²) in [6.45, 7) is 9.19. The molecule has 0 atom stereocenters. The molecule has 0 unspecified atom stereocenters. The Morgan fingerprint density at radius 3 is 2.29 bits per heavy atom. The number of benzene rings is 1. The van der Waals surface area contributed by atoms with Crippen molar-refractivity contribution >= 4 is 22.7 Å². The van der Waals surface area contributed by atoms with Crippen LogP contribution in [0.2, 0.25) is 0 Å². The average Bonchev–Trinajstić information content (AvgIpc) is 2.99. The quantitative estimate of drug-likeness (QED) is 0.870. The lowest BCUT2D eigenvalue weighted by Gasteiger charge is -2.35. The highest BCUT2D eigenvalue weighted by atomic mass is 16.2. The predicted molar refractivity (Wildman–Crippen MR) is 94.9 cm³/mol. The molecule has 1 saturated heterocycles. The molecule has 2 heterocycles. The number of amides is 2. The Labute approximate surface area is 142 Å². The van der Waals surface area contributed by atoms with Gasteiger partial charge in [0, 0.05) is 55.7 Å². The molecule has 1 fully saturated rings. The number of para-hydroxylation sites is 1. The Morgan fingerprint density at radius 1 is 1.04 bits per heavy atom. The number of fused-ring (bicyclic) bond motifs is 1. The largest absolute Gasteiger partial charge is 0.347 e. The van der Waals surface area contributed by atoms with Crippen LogP contribution >= 0.6 is 0 Å². The Bertz CT molecular complexity index is 755. The van der Waals surface area contributed by atoms with Crippen molar-refractivity contribution < 1.29 is 9.59 Å². The lowest BCUT2D eigenvalue weighted by Crippen LogP contribution is -2.51. The fourth-order valence-corrected chi connectivity index (χ4v) is 3.34. The highest BCUT2D eigenvalue weighted by Crippen LogP contribution is 2.23. The zero-order valence-electron chi connectivity index (χ0n) is 14.7. The van der Waals surface area contributed by atoms with Gasteiger partial charge in [0.05, 0.1) is 5.56 Å². The van der Waals surface area contributed by atoms with Gasteiger partial charge in [-0.25, -0.2) is 0 Å². The molecular weight excluding hydrogens is 302 g/mol. The smallest absolute Gasteiger partial charge is 0.256 e. The van der Waals surface area contributed by atoms with Gasteiger partial charge in [-0.15, -0.1) is 0 Å². The van der Waals surface area contributed by atoms with E-state index in [9.17, 15) is 9.59 Å². The van der Waals surface area contributed by atoms with Crippen LogP contribution in [0, 0.1) is 5.92 Å². The van der Waals surface area contributed by atoms with Gasteiger partial charge < -0.3 is 14.4 Å². The molecule has 0 aliphatic carbocycles. The number of hydrogen-bond donors (Lipinski definition) is 0. The van der Waals surface area contributed by atoms with Crippen LogP contribution in [0.5, 0.6) is 0 Å². The maximum atomic E-state index is 13.0. The molecule has 0 bridgehead atoms. The summed E-state index contributed by atoms with van der Waals surface area (Å²) in [6.07, 6.45) is 1.96. The topological polar surface area (TPSA) is 45.6 Å². The maximum absolute atomic E-state index is 13.0. The third kappa shape index (κ3) is 2.90. The minimum absolute atomic E-state index is 0.00906. The summed E-state index contributed by atoms with van der Waals surface area (Å²) in [6, 6.07) is 8.03. The Hall–Kier alpha value is -2.30. The molecule has 5 heteroatoms. The summed E-state index contributed by atoms with van der Waals surface area (Å²) in [5.74, 6) is 0.245. The summed E-state index contributed by atoms with van der Waals surface area (Å²) in [5.41, 5.74) is 1.85. The lowest BCUT2D eigenvalue weighted by atomic mass is 10.1. The molecule has 0 spiro atoms. The Kier molecular flexibility index (Phi) is 4.60. The van der Waals surface area contributed by atoms with Crippen molar-refractivity contribution in [2.24, 2.45) is 5.92 Å². The third-order valence-corrected chi connectivity index (χ3v) is 4.73. The SMILES string of the molecule is CCn1cc(C(=O)N2CCN(C(=O)C(C)C)CC2)c2ccccc21. The van der Waals surface area contributed by atoms with Crippen molar-refractivity contribution in [2.75, 3.05) is 26.2 Å². The second-order valence-electron chi connectivity index (χ2n) is 6.62. The van der Waals surface area contributed by atoms with Crippen molar-refractivity contribution in [2.45, 2.75) is 27.3 Å². The molecule has 1 aromatic carbocycles. The van der Waals surface area contributed by atoms with Crippen LogP contribution in [-0.4, -0.2) is 52.4 Å². The van der Waals surface area contributed by atoms with Crippen molar-refractivity contribution in [1.29, 1.82) is 0 Å². The van der Waals surface area contributed by atoms with Crippen LogP contribution in [0.25, 0.3) is 10.9 Å². The minimum Gasteiger partial charge on any atom is -0.347 e. The van der Waals surface area contributed by atoms with Crippen molar-refractivity contribution in [1.82, 2.24) is 14.4 Å². The first kappa shape index (κ1) is 16.6. The van der Waals surface area contributed by atoms with E-state index in [0.29, 0.717) is 26.2 Å². The van der Waals surface area contributed by atoms with Gasteiger partial charge in [0.1, 0.15) is 0 Å². The predicted octanol–water partition coefficient (Wildman–Crippen LogP) is 2.60. The van der Waals surface area contributed by atoms with Crippen LogP contribution in [0.4, 0.5) is 0 Å². The fourth-order valence-electron chi connectivity index (χ4n) is 3.34. The number of aryl methyl sites for hydroxylation is 1. The monoisotopic (exact) mass is 327 g/mol. The Morgan fingerprint density at radius 2 is 1.67 bits per heavy atom. The van der Waals surface area contributed by atoms with Crippen LogP contribution in [0.1, 0.15) is 31.1 Å². The van der Waals surface area contributed by atoms with E-state index in [1.807, 2.05) is 48.0 Å². The van der Waals surface area contributed by atoms with Crippen LogP contribution in [0.15, 0.2) is 30.5 Å². The zero-order valence-corrected chi connectivity index (χ0v) is 14.7. The van der Waals surface area contributed by atoms with Crippen molar-refractivity contribution in [3.05, 3.63) is 36.0 Å². The van der Waals surface area contributed by atoms with E-state index in [2.05, 4.69) is 17.6 Å². The van der Waals surface area contributed by atoms with E-state index in [-0.39, 0.29) is 17.7 Å². The highest BCUT2D eigenvalue weighted by molar-refractivity contribution is 6.07. The molecule has 128 valence electrons. The second kappa shape index (κ2) is 6.67. The van der Waals surface area contributed by atoms with Crippen molar-refractivity contribution in [3.63, 3.8) is 0 Å². The molecule has 0 saturated carbocycles. The van der Waals surface area contributed by atoms with Gasteiger partial charge in [-0.3, -0.25) is 9.59 Å². The molecular formula is C19H25N3O2. The first-order valence-corrected chi connectivity index (χ1v) is 8.68. The number of aromatic nitrogens is 1. The van der Waals surface area contributed by atoms with Gasteiger partial charge in [-0.1, -0.05) is 32.0 Å². The van der Waals surface area contributed by atoms with E-state index < -0.39 is 0 Å². The zero-order chi connectivity index (χ0) is 17.3. The highest BCUT2D eigenvalue weighted by Gasteiger charge is 2.27. The van der Waals surface area contributed by atoms with Gasteiger partial charge in [0.25, 0.3) is 5.91 Å². The van der Waals surface area contributed by atoms with Gasteiger partial charge in [-0.2, -0.15) is 0 Å².